The number of halogens is 2. The van der Waals surface area contributed by atoms with Gasteiger partial charge in [-0.25, -0.2) is 8.78 Å². The number of nitrogens with one attached hydrogen (secondary N) is 2. The fourth-order valence-electron chi connectivity index (χ4n) is 3.09. The lowest BCUT2D eigenvalue weighted by Gasteiger charge is -2.22. The van der Waals surface area contributed by atoms with Crippen LogP contribution < -0.4 is 10.6 Å². The number of benzene rings is 2. The Morgan fingerprint density at radius 1 is 1.06 bits per heavy atom. The predicted molar refractivity (Wildman–Crippen MR) is 116 cm³/mol. The zero-order chi connectivity index (χ0) is 23.4. The van der Waals surface area contributed by atoms with E-state index in [1.807, 2.05) is 0 Å². The van der Waals surface area contributed by atoms with E-state index in [1.165, 1.54) is 0 Å². The fraction of sp³-hybridized carbons (Fsp3) is 0.273. The molecule has 0 aliphatic carbocycles. The number of amides is 4. The summed E-state index contributed by atoms with van der Waals surface area (Å²) in [6, 6.07) is 8.55. The van der Waals surface area contributed by atoms with Gasteiger partial charge in [-0.3, -0.25) is 24.1 Å². The van der Waals surface area contributed by atoms with E-state index in [-0.39, 0.29) is 29.4 Å². The highest BCUT2D eigenvalue weighted by atomic mass is 32.2. The first kappa shape index (κ1) is 23.4. The molecule has 2 aromatic rings. The van der Waals surface area contributed by atoms with Gasteiger partial charge in [-0.1, -0.05) is 43.8 Å². The van der Waals surface area contributed by atoms with E-state index in [0.29, 0.717) is 11.3 Å². The number of rotatable bonds is 7. The molecule has 7 nitrogen and oxygen atoms in total. The van der Waals surface area contributed by atoms with Crippen LogP contribution in [0.5, 0.6) is 0 Å². The van der Waals surface area contributed by atoms with Gasteiger partial charge in [0.25, 0.3) is 11.1 Å². The van der Waals surface area contributed by atoms with E-state index in [1.54, 1.807) is 38.1 Å². The number of nitrogens with zero attached hydrogens (tertiary/aromatic N) is 1. The van der Waals surface area contributed by atoms with Gasteiger partial charge in [0.05, 0.1) is 12.3 Å². The molecule has 1 aliphatic heterocycles. The lowest BCUT2D eigenvalue weighted by atomic mass is 10.0. The molecule has 1 aliphatic rings. The van der Waals surface area contributed by atoms with E-state index in [2.05, 4.69) is 10.6 Å². The lowest BCUT2D eigenvalue weighted by Crippen LogP contribution is -2.47. The van der Waals surface area contributed by atoms with Crippen molar-refractivity contribution in [3.63, 3.8) is 0 Å². The molecule has 10 heteroatoms. The zero-order valence-electron chi connectivity index (χ0n) is 17.4. The van der Waals surface area contributed by atoms with Crippen LogP contribution in [0.3, 0.4) is 0 Å². The van der Waals surface area contributed by atoms with Crippen molar-refractivity contribution in [1.29, 1.82) is 0 Å². The minimum Gasteiger partial charge on any atom is -0.340 e. The third-order valence-corrected chi connectivity index (χ3v) is 5.69. The average molecular weight is 461 g/mol. The molecule has 1 atom stereocenters. The summed E-state index contributed by atoms with van der Waals surface area (Å²) in [6.07, 6.45) is 0. The summed E-state index contributed by atoms with van der Waals surface area (Å²) < 4.78 is 27.8. The van der Waals surface area contributed by atoms with Gasteiger partial charge in [-0.15, -0.1) is 0 Å². The number of carbonyl (C=O) groups is 4. The molecule has 0 radical (unpaired) electrons. The molecular formula is C22H21F2N3O4S. The van der Waals surface area contributed by atoms with Gasteiger partial charge in [0.1, 0.15) is 23.2 Å². The van der Waals surface area contributed by atoms with Crippen LogP contribution in [0.1, 0.15) is 29.8 Å². The molecule has 2 N–H and O–H groups in total. The van der Waals surface area contributed by atoms with Crippen molar-refractivity contribution in [2.24, 2.45) is 5.92 Å². The van der Waals surface area contributed by atoms with Crippen molar-refractivity contribution in [1.82, 2.24) is 10.2 Å². The van der Waals surface area contributed by atoms with Crippen molar-refractivity contribution in [3.05, 3.63) is 65.2 Å². The molecule has 4 amide bonds. The largest absolute Gasteiger partial charge is 0.340 e. The maximum atomic E-state index is 13.9. The van der Waals surface area contributed by atoms with Gasteiger partial charge >= 0.3 is 0 Å². The Morgan fingerprint density at radius 3 is 2.22 bits per heavy atom. The first-order valence-corrected chi connectivity index (χ1v) is 10.8. The predicted octanol–water partition coefficient (Wildman–Crippen LogP) is 3.55. The maximum absolute atomic E-state index is 13.9. The Kier molecular flexibility index (Phi) is 7.24. The van der Waals surface area contributed by atoms with E-state index >= 15 is 0 Å². The van der Waals surface area contributed by atoms with E-state index in [9.17, 15) is 28.0 Å². The lowest BCUT2D eigenvalue weighted by molar-refractivity contribution is -0.125. The molecule has 1 fully saturated rings. The minimum absolute atomic E-state index is 0.131. The number of hydrogen-bond donors (Lipinski definition) is 2. The van der Waals surface area contributed by atoms with Gasteiger partial charge in [-0.2, -0.15) is 0 Å². The number of hydrogen-bond acceptors (Lipinski definition) is 5. The van der Waals surface area contributed by atoms with Crippen LogP contribution in [-0.2, 0) is 16.1 Å². The third-order valence-electron chi connectivity index (χ3n) is 4.83. The first-order valence-electron chi connectivity index (χ1n) is 9.79. The third kappa shape index (κ3) is 5.31. The van der Waals surface area contributed by atoms with Crippen molar-refractivity contribution >= 4 is 40.4 Å². The minimum atomic E-state index is -1.04. The second-order valence-corrected chi connectivity index (χ2v) is 8.44. The molecule has 1 saturated heterocycles. The van der Waals surface area contributed by atoms with E-state index < -0.39 is 35.1 Å². The standard InChI is InChI=1S/C22H21F2N3O4S/c1-12(2)19(26-20(29)18-15(23)4-3-5-16(18)24)21(30)25-14-8-6-13(7-9-14)10-27-17(28)11-32-22(27)31/h3-9,12,19H,10-11H2,1-2H3,(H,25,30)(H,26,29)/t19-/m0/s1. The van der Waals surface area contributed by atoms with Crippen LogP contribution >= 0.6 is 11.8 Å². The van der Waals surface area contributed by atoms with Crippen LogP contribution in [-0.4, -0.2) is 39.7 Å². The number of thioether (sulfide) groups is 1. The second-order valence-electron chi connectivity index (χ2n) is 7.51. The van der Waals surface area contributed by atoms with Crippen molar-refractivity contribution in [3.8, 4) is 0 Å². The Bertz CT molecular complexity index is 1020. The monoisotopic (exact) mass is 461 g/mol. The van der Waals surface area contributed by atoms with Crippen molar-refractivity contribution < 1.29 is 28.0 Å². The molecule has 0 bridgehead atoms. The maximum Gasteiger partial charge on any atom is 0.289 e. The molecule has 0 unspecified atom stereocenters. The number of anilines is 1. The average Bonchev–Trinajstić information content (AvgIpc) is 3.05. The van der Waals surface area contributed by atoms with Gasteiger partial charge < -0.3 is 10.6 Å². The molecule has 168 valence electrons. The molecule has 0 saturated carbocycles. The molecule has 0 aromatic heterocycles. The van der Waals surface area contributed by atoms with Gasteiger partial charge in [0, 0.05) is 5.69 Å². The van der Waals surface area contributed by atoms with Gasteiger partial charge in [0.2, 0.25) is 11.8 Å². The van der Waals surface area contributed by atoms with Crippen molar-refractivity contribution in [2.75, 3.05) is 11.1 Å². The van der Waals surface area contributed by atoms with Crippen LogP contribution in [0.25, 0.3) is 0 Å². The SMILES string of the molecule is CC(C)[C@H](NC(=O)c1c(F)cccc1F)C(=O)Nc1ccc(CN2C(=O)CSC2=O)cc1. The number of imide groups is 1. The van der Waals surface area contributed by atoms with Crippen LogP contribution in [0.2, 0.25) is 0 Å². The molecule has 3 rings (SSSR count). The summed E-state index contributed by atoms with van der Waals surface area (Å²) in [5.74, 6) is -4.10. The Labute approximate surface area is 187 Å². The van der Waals surface area contributed by atoms with Gasteiger partial charge in [0.15, 0.2) is 0 Å². The highest BCUT2D eigenvalue weighted by Crippen LogP contribution is 2.22. The van der Waals surface area contributed by atoms with E-state index in [4.69, 9.17) is 0 Å². The Morgan fingerprint density at radius 2 is 1.69 bits per heavy atom. The van der Waals surface area contributed by atoms with Crippen LogP contribution in [0.4, 0.5) is 19.3 Å². The van der Waals surface area contributed by atoms with Crippen LogP contribution in [0, 0.1) is 17.6 Å². The highest BCUT2D eigenvalue weighted by molar-refractivity contribution is 8.14. The number of carbonyl (C=O) groups excluding carboxylic acids is 4. The Balaban J connectivity index is 1.66. The topological polar surface area (TPSA) is 95.6 Å². The Hall–Kier alpha value is -3.27. The summed E-state index contributed by atoms with van der Waals surface area (Å²) >= 11 is 0.954. The van der Waals surface area contributed by atoms with E-state index in [0.717, 1.165) is 34.9 Å². The van der Waals surface area contributed by atoms with Crippen LogP contribution in [0.15, 0.2) is 42.5 Å². The smallest absolute Gasteiger partial charge is 0.289 e. The molecule has 32 heavy (non-hydrogen) atoms. The summed E-state index contributed by atoms with van der Waals surface area (Å²) in [4.78, 5) is 49.7. The highest BCUT2D eigenvalue weighted by Gasteiger charge is 2.30. The molecular weight excluding hydrogens is 440 g/mol. The summed E-state index contributed by atoms with van der Waals surface area (Å²) in [5.41, 5.74) is 0.375. The first-order chi connectivity index (χ1) is 15.2. The molecule has 2 aromatic carbocycles. The molecule has 1 heterocycles. The summed E-state index contributed by atoms with van der Waals surface area (Å²) in [6.45, 7) is 3.51. The second kappa shape index (κ2) is 9.90. The van der Waals surface area contributed by atoms with Gasteiger partial charge in [-0.05, 0) is 35.7 Å². The normalized spacial score (nSPS) is 14.6. The molecule has 0 spiro atoms. The van der Waals surface area contributed by atoms with Crippen molar-refractivity contribution in [2.45, 2.75) is 26.4 Å². The fourth-order valence-corrected chi connectivity index (χ4v) is 3.82. The zero-order valence-corrected chi connectivity index (χ0v) is 18.2. The summed E-state index contributed by atoms with van der Waals surface area (Å²) in [7, 11) is 0. The summed E-state index contributed by atoms with van der Waals surface area (Å²) in [5, 5.41) is 4.75. The quantitative estimate of drug-likeness (QED) is 0.658.